The number of hydrazine groups is 1. The lowest BCUT2D eigenvalue weighted by Crippen LogP contribution is -2.54. The summed E-state index contributed by atoms with van der Waals surface area (Å²) in [6.45, 7) is 5.22. The first-order valence-electron chi connectivity index (χ1n) is 7.93. The van der Waals surface area contributed by atoms with Gasteiger partial charge in [-0.25, -0.2) is 8.42 Å². The van der Waals surface area contributed by atoms with Crippen molar-refractivity contribution in [3.63, 3.8) is 0 Å². The fraction of sp³-hybridized carbons (Fsp3) is 0.294. The summed E-state index contributed by atoms with van der Waals surface area (Å²) in [6.07, 6.45) is 1.32. The molecule has 0 aliphatic heterocycles. The second kappa shape index (κ2) is 8.15. The number of carbonyl (C=O) groups is 2. The van der Waals surface area contributed by atoms with Crippen molar-refractivity contribution >= 4 is 21.8 Å². The molecule has 3 N–H and O–H groups in total. The van der Waals surface area contributed by atoms with Gasteiger partial charge in [-0.2, -0.15) is 4.72 Å². The third-order valence-corrected chi connectivity index (χ3v) is 5.06. The molecule has 1 aromatic carbocycles. The number of carbonyl (C=O) groups excluding carboxylic acids is 2. The Kier molecular flexibility index (Phi) is 6.17. The Balaban J connectivity index is 2.06. The van der Waals surface area contributed by atoms with Crippen molar-refractivity contribution in [2.75, 3.05) is 0 Å². The minimum Gasteiger partial charge on any atom is -0.459 e. The van der Waals surface area contributed by atoms with E-state index in [1.165, 1.54) is 30.5 Å². The molecule has 0 saturated heterocycles. The average molecular weight is 379 g/mol. The van der Waals surface area contributed by atoms with Crippen LogP contribution in [0.25, 0.3) is 0 Å². The highest BCUT2D eigenvalue weighted by molar-refractivity contribution is 7.89. The van der Waals surface area contributed by atoms with E-state index in [4.69, 9.17) is 4.42 Å². The number of rotatable bonds is 6. The monoisotopic (exact) mass is 379 g/mol. The summed E-state index contributed by atoms with van der Waals surface area (Å²) in [4.78, 5) is 24.2. The maximum Gasteiger partial charge on any atom is 0.305 e. The minimum absolute atomic E-state index is 0.0200. The first kappa shape index (κ1) is 19.7. The van der Waals surface area contributed by atoms with Gasteiger partial charge in [0, 0.05) is 0 Å². The lowest BCUT2D eigenvalue weighted by atomic mass is 10.1. The Morgan fingerprint density at radius 3 is 2.23 bits per heavy atom. The van der Waals surface area contributed by atoms with Gasteiger partial charge in [0.15, 0.2) is 5.76 Å². The first-order valence-corrected chi connectivity index (χ1v) is 9.41. The molecule has 0 aliphatic carbocycles. The molecule has 140 valence electrons. The van der Waals surface area contributed by atoms with Crippen LogP contribution in [0.1, 0.15) is 30.0 Å². The summed E-state index contributed by atoms with van der Waals surface area (Å²) >= 11 is 0. The third kappa shape index (κ3) is 4.93. The second-order valence-corrected chi connectivity index (χ2v) is 7.79. The van der Waals surface area contributed by atoms with Crippen LogP contribution in [0.4, 0.5) is 0 Å². The Morgan fingerprint density at radius 1 is 1.04 bits per heavy atom. The number of nitrogens with one attached hydrogen (secondary N) is 3. The molecule has 1 unspecified atom stereocenters. The van der Waals surface area contributed by atoms with E-state index in [-0.39, 0.29) is 16.6 Å². The predicted molar refractivity (Wildman–Crippen MR) is 94.4 cm³/mol. The number of sulfonamides is 1. The maximum absolute atomic E-state index is 12.5. The maximum atomic E-state index is 12.5. The van der Waals surface area contributed by atoms with E-state index in [0.717, 1.165) is 5.56 Å². The Hall–Kier alpha value is -2.65. The molecular weight excluding hydrogens is 358 g/mol. The van der Waals surface area contributed by atoms with E-state index in [0.29, 0.717) is 0 Å². The zero-order valence-electron chi connectivity index (χ0n) is 14.6. The molecule has 0 fully saturated rings. The minimum atomic E-state index is -3.89. The van der Waals surface area contributed by atoms with E-state index in [1.54, 1.807) is 26.0 Å². The Morgan fingerprint density at radius 2 is 1.69 bits per heavy atom. The van der Waals surface area contributed by atoms with Gasteiger partial charge in [-0.15, -0.1) is 0 Å². The quantitative estimate of drug-likeness (QED) is 0.655. The van der Waals surface area contributed by atoms with Gasteiger partial charge >= 0.3 is 5.91 Å². The molecule has 0 saturated carbocycles. The van der Waals surface area contributed by atoms with E-state index in [1.807, 2.05) is 6.92 Å². The summed E-state index contributed by atoms with van der Waals surface area (Å²) < 4.78 is 32.3. The number of furan rings is 1. The van der Waals surface area contributed by atoms with Crippen molar-refractivity contribution in [3.05, 3.63) is 54.0 Å². The van der Waals surface area contributed by atoms with Gasteiger partial charge in [-0.05, 0) is 37.1 Å². The highest BCUT2D eigenvalue weighted by Crippen LogP contribution is 2.13. The average Bonchev–Trinajstić information content (AvgIpc) is 3.12. The number of hydrogen-bond donors (Lipinski definition) is 3. The van der Waals surface area contributed by atoms with Crippen LogP contribution in [0.5, 0.6) is 0 Å². The highest BCUT2D eigenvalue weighted by Gasteiger charge is 2.28. The van der Waals surface area contributed by atoms with Gasteiger partial charge in [-0.1, -0.05) is 31.5 Å². The Labute approximate surface area is 152 Å². The third-order valence-electron chi connectivity index (χ3n) is 3.61. The van der Waals surface area contributed by atoms with Gasteiger partial charge in [-0.3, -0.25) is 20.4 Å². The van der Waals surface area contributed by atoms with Gasteiger partial charge < -0.3 is 4.42 Å². The van der Waals surface area contributed by atoms with Crippen molar-refractivity contribution < 1.29 is 22.4 Å². The van der Waals surface area contributed by atoms with Crippen molar-refractivity contribution in [2.24, 2.45) is 5.92 Å². The van der Waals surface area contributed by atoms with Crippen molar-refractivity contribution in [3.8, 4) is 0 Å². The molecular formula is C17H21N3O5S. The molecule has 0 spiro atoms. The van der Waals surface area contributed by atoms with Gasteiger partial charge in [0.05, 0.1) is 11.2 Å². The van der Waals surface area contributed by atoms with Crippen molar-refractivity contribution in [1.82, 2.24) is 15.6 Å². The summed E-state index contributed by atoms with van der Waals surface area (Å²) in [5, 5.41) is 0. The number of amides is 2. The van der Waals surface area contributed by atoms with Crippen LogP contribution in [0, 0.1) is 12.8 Å². The lowest BCUT2D eigenvalue weighted by Gasteiger charge is -2.21. The molecule has 0 aliphatic rings. The zero-order chi connectivity index (χ0) is 19.3. The van der Waals surface area contributed by atoms with Crippen LogP contribution in [-0.2, 0) is 14.8 Å². The molecule has 0 radical (unpaired) electrons. The van der Waals surface area contributed by atoms with Crippen LogP contribution in [-0.4, -0.2) is 26.3 Å². The summed E-state index contributed by atoms with van der Waals surface area (Å²) in [5.74, 6) is -1.66. The van der Waals surface area contributed by atoms with Gasteiger partial charge in [0.2, 0.25) is 10.0 Å². The molecule has 2 aromatic rings. The molecule has 26 heavy (non-hydrogen) atoms. The molecule has 8 nitrogen and oxygen atoms in total. The van der Waals surface area contributed by atoms with E-state index >= 15 is 0 Å². The van der Waals surface area contributed by atoms with Crippen LogP contribution >= 0.6 is 0 Å². The number of benzene rings is 1. The first-order chi connectivity index (χ1) is 12.2. The fourth-order valence-electron chi connectivity index (χ4n) is 2.11. The predicted octanol–water partition coefficient (Wildman–Crippen LogP) is 1.35. The molecule has 2 rings (SSSR count). The standard InChI is InChI=1S/C17H21N3O5S/c1-11(2)15(17(22)19-18-16(21)14-5-4-10-25-14)20-26(23,24)13-8-6-12(3)7-9-13/h4-11,15,20H,1-3H3,(H,18,21)(H,19,22). The highest BCUT2D eigenvalue weighted by atomic mass is 32.2. The van der Waals surface area contributed by atoms with Crippen LogP contribution < -0.4 is 15.6 Å². The number of aryl methyl sites for hydroxylation is 1. The van der Waals surface area contributed by atoms with Crippen LogP contribution in [0.3, 0.4) is 0 Å². The molecule has 9 heteroatoms. The Bertz CT molecular complexity index is 858. The summed E-state index contributed by atoms with van der Waals surface area (Å²) in [7, 11) is -3.89. The smallest absolute Gasteiger partial charge is 0.305 e. The normalized spacial score (nSPS) is 12.6. The fourth-order valence-corrected chi connectivity index (χ4v) is 3.45. The van der Waals surface area contributed by atoms with E-state index in [2.05, 4.69) is 15.6 Å². The zero-order valence-corrected chi connectivity index (χ0v) is 15.5. The molecule has 0 bridgehead atoms. The molecule has 2 amide bonds. The van der Waals surface area contributed by atoms with E-state index < -0.39 is 27.9 Å². The van der Waals surface area contributed by atoms with Crippen molar-refractivity contribution in [2.45, 2.75) is 31.7 Å². The van der Waals surface area contributed by atoms with E-state index in [9.17, 15) is 18.0 Å². The lowest BCUT2D eigenvalue weighted by molar-refractivity contribution is -0.124. The van der Waals surface area contributed by atoms with Crippen LogP contribution in [0.2, 0.25) is 0 Å². The SMILES string of the molecule is Cc1ccc(S(=O)(=O)NC(C(=O)NNC(=O)c2ccco2)C(C)C)cc1. The molecule has 1 atom stereocenters. The van der Waals surface area contributed by atoms with Crippen molar-refractivity contribution in [1.29, 1.82) is 0 Å². The summed E-state index contributed by atoms with van der Waals surface area (Å²) in [6, 6.07) is 8.16. The molecule has 1 heterocycles. The summed E-state index contributed by atoms with van der Waals surface area (Å²) in [5.41, 5.74) is 5.32. The largest absolute Gasteiger partial charge is 0.459 e. The second-order valence-electron chi connectivity index (χ2n) is 6.08. The van der Waals surface area contributed by atoms with Crippen LogP contribution in [0.15, 0.2) is 52.0 Å². The topological polar surface area (TPSA) is 118 Å². The molecule has 1 aromatic heterocycles. The number of hydrogen-bond acceptors (Lipinski definition) is 5. The van der Waals surface area contributed by atoms with Gasteiger partial charge in [0.25, 0.3) is 5.91 Å². The van der Waals surface area contributed by atoms with Gasteiger partial charge in [0.1, 0.15) is 6.04 Å².